The summed E-state index contributed by atoms with van der Waals surface area (Å²) >= 11 is 0. The number of fused-ring (bicyclic) bond motifs is 1. The van der Waals surface area contributed by atoms with E-state index in [1.165, 1.54) is 0 Å². The van der Waals surface area contributed by atoms with Crippen molar-refractivity contribution in [3.05, 3.63) is 72.2 Å². The van der Waals surface area contributed by atoms with Gasteiger partial charge in [0, 0.05) is 24.2 Å². The largest absolute Gasteiger partial charge is 0.452 e. The normalized spacial score (nSPS) is 10.7. The molecule has 0 fully saturated rings. The van der Waals surface area contributed by atoms with E-state index < -0.39 is 18.5 Å². The van der Waals surface area contributed by atoms with Crippen LogP contribution in [0, 0.1) is 6.92 Å². The van der Waals surface area contributed by atoms with E-state index in [1.807, 2.05) is 25.1 Å². The lowest BCUT2D eigenvalue weighted by Gasteiger charge is -2.07. The number of carbonyl (C=O) groups excluding carboxylic acids is 2. The maximum Gasteiger partial charge on any atom is 0.338 e. The molecule has 0 aliphatic rings. The number of nitrogens with one attached hydrogen (secondary N) is 2. The van der Waals surface area contributed by atoms with Crippen LogP contribution in [-0.2, 0) is 9.53 Å². The van der Waals surface area contributed by atoms with Gasteiger partial charge >= 0.3 is 5.97 Å². The summed E-state index contributed by atoms with van der Waals surface area (Å²) in [6.45, 7) is 1.42. The van der Waals surface area contributed by atoms with Crippen LogP contribution in [0.3, 0.4) is 0 Å². The average Bonchev–Trinajstić information content (AvgIpc) is 3.18. The van der Waals surface area contributed by atoms with Crippen molar-refractivity contribution < 1.29 is 14.3 Å². The van der Waals surface area contributed by atoms with Crippen molar-refractivity contribution in [3.8, 4) is 11.4 Å². The Balaban J connectivity index is 1.43. The molecule has 0 spiro atoms. The van der Waals surface area contributed by atoms with Crippen LogP contribution in [0.2, 0.25) is 0 Å². The molecule has 29 heavy (non-hydrogen) atoms. The summed E-state index contributed by atoms with van der Waals surface area (Å²) < 4.78 is 5.12. The molecule has 0 unspecified atom stereocenters. The molecule has 0 saturated carbocycles. The highest BCUT2D eigenvalue weighted by atomic mass is 16.5. The van der Waals surface area contributed by atoms with Gasteiger partial charge in [-0.15, -0.1) is 0 Å². The molecule has 144 valence electrons. The molecule has 0 saturated heterocycles. The Morgan fingerprint density at radius 3 is 2.79 bits per heavy atom. The van der Waals surface area contributed by atoms with Gasteiger partial charge in [0.05, 0.1) is 16.6 Å². The highest BCUT2D eigenvalue weighted by molar-refractivity contribution is 5.97. The van der Waals surface area contributed by atoms with Crippen molar-refractivity contribution in [1.29, 1.82) is 0 Å². The summed E-state index contributed by atoms with van der Waals surface area (Å²) in [6, 6.07) is 12.3. The van der Waals surface area contributed by atoms with Crippen molar-refractivity contribution in [2.75, 3.05) is 11.9 Å². The van der Waals surface area contributed by atoms with Crippen molar-refractivity contribution >= 4 is 28.7 Å². The second-order valence-electron chi connectivity index (χ2n) is 6.35. The van der Waals surface area contributed by atoms with Gasteiger partial charge in [-0.2, -0.15) is 0 Å². The number of amides is 1. The Hall–Kier alpha value is -4.07. The smallest absolute Gasteiger partial charge is 0.338 e. The van der Waals surface area contributed by atoms with Crippen LogP contribution in [0.4, 0.5) is 5.82 Å². The van der Waals surface area contributed by atoms with E-state index in [0.29, 0.717) is 28.2 Å². The van der Waals surface area contributed by atoms with Gasteiger partial charge in [-0.1, -0.05) is 6.07 Å². The molecule has 0 atom stereocenters. The molecule has 0 radical (unpaired) electrons. The van der Waals surface area contributed by atoms with Crippen LogP contribution in [-0.4, -0.2) is 38.4 Å². The number of rotatable bonds is 5. The summed E-state index contributed by atoms with van der Waals surface area (Å²) in [5.41, 5.74) is 3.38. The topological polar surface area (TPSA) is 110 Å². The third-order valence-corrected chi connectivity index (χ3v) is 4.25. The van der Waals surface area contributed by atoms with Gasteiger partial charge in [0.2, 0.25) is 0 Å². The fraction of sp³-hybridized carbons (Fsp3) is 0.0952. The fourth-order valence-corrected chi connectivity index (χ4v) is 2.78. The van der Waals surface area contributed by atoms with Gasteiger partial charge < -0.3 is 15.0 Å². The van der Waals surface area contributed by atoms with Crippen LogP contribution in [0.15, 0.2) is 61.1 Å². The van der Waals surface area contributed by atoms with E-state index in [4.69, 9.17) is 4.74 Å². The van der Waals surface area contributed by atoms with Gasteiger partial charge in [0.1, 0.15) is 11.6 Å². The Morgan fingerprint density at radius 1 is 1.14 bits per heavy atom. The predicted octanol–water partition coefficient (Wildman–Crippen LogP) is 3.12. The third-order valence-electron chi connectivity index (χ3n) is 4.25. The number of hydrogen-bond donors (Lipinski definition) is 2. The Labute approximate surface area is 166 Å². The minimum atomic E-state index is -0.600. The van der Waals surface area contributed by atoms with Crippen molar-refractivity contribution in [1.82, 2.24) is 19.9 Å². The van der Waals surface area contributed by atoms with Crippen LogP contribution in [0.25, 0.3) is 22.4 Å². The number of ether oxygens (including phenoxy) is 1. The molecule has 4 rings (SSSR count). The van der Waals surface area contributed by atoms with Crippen molar-refractivity contribution in [2.24, 2.45) is 0 Å². The summed E-state index contributed by atoms with van der Waals surface area (Å²) in [6.07, 6.45) is 4.97. The van der Waals surface area contributed by atoms with E-state index in [1.54, 1.807) is 42.9 Å². The molecule has 3 aromatic heterocycles. The van der Waals surface area contributed by atoms with E-state index in [2.05, 4.69) is 25.3 Å². The molecule has 0 aliphatic carbocycles. The van der Waals surface area contributed by atoms with E-state index in [0.717, 1.165) is 11.1 Å². The second kappa shape index (κ2) is 7.89. The molecule has 1 amide bonds. The summed E-state index contributed by atoms with van der Waals surface area (Å²) in [7, 11) is 0. The molecule has 0 bridgehead atoms. The number of esters is 1. The zero-order valence-corrected chi connectivity index (χ0v) is 15.5. The molecular formula is C21H17N5O3. The highest BCUT2D eigenvalue weighted by Gasteiger charge is 2.14. The van der Waals surface area contributed by atoms with Gasteiger partial charge in [0.25, 0.3) is 5.91 Å². The lowest BCUT2D eigenvalue weighted by molar-refractivity contribution is -0.119. The first-order valence-electron chi connectivity index (χ1n) is 8.89. The quantitative estimate of drug-likeness (QED) is 0.509. The summed E-state index contributed by atoms with van der Waals surface area (Å²) in [5, 5.41) is 2.62. The number of hydrogen-bond acceptors (Lipinski definition) is 6. The number of nitrogens with zero attached hydrogens (tertiary/aromatic N) is 3. The SMILES string of the molecule is Cc1cccnc1NC(=O)COC(=O)c1ccc2nc(-c3cccnc3)[nH]c2c1. The molecule has 8 heteroatoms. The predicted molar refractivity (Wildman–Crippen MR) is 107 cm³/mol. The first-order chi connectivity index (χ1) is 14.1. The monoisotopic (exact) mass is 387 g/mol. The second-order valence-corrected chi connectivity index (χ2v) is 6.35. The minimum absolute atomic E-state index is 0.320. The molecule has 8 nitrogen and oxygen atoms in total. The zero-order chi connectivity index (χ0) is 20.2. The molecular weight excluding hydrogens is 370 g/mol. The number of benzene rings is 1. The van der Waals surface area contributed by atoms with Gasteiger partial charge in [-0.3, -0.25) is 9.78 Å². The molecule has 0 aliphatic heterocycles. The number of aromatic amines is 1. The summed E-state index contributed by atoms with van der Waals surface area (Å²) in [5.74, 6) is 0.0399. The van der Waals surface area contributed by atoms with Gasteiger partial charge in [-0.05, 0) is 48.9 Å². The number of aromatic nitrogens is 4. The van der Waals surface area contributed by atoms with E-state index >= 15 is 0 Å². The van der Waals surface area contributed by atoms with Gasteiger partial charge in [0.15, 0.2) is 6.61 Å². The first-order valence-corrected chi connectivity index (χ1v) is 8.89. The zero-order valence-electron chi connectivity index (χ0n) is 15.5. The van der Waals surface area contributed by atoms with Crippen LogP contribution in [0.1, 0.15) is 15.9 Å². The standard InChI is InChI=1S/C21H17N5O3/c1-13-4-2-9-23-19(13)26-18(27)12-29-21(28)14-6-7-16-17(10-14)25-20(24-16)15-5-3-8-22-11-15/h2-11H,12H2,1H3,(H,24,25)(H,23,26,27). The first kappa shape index (κ1) is 18.3. The molecule has 3 heterocycles. The highest BCUT2D eigenvalue weighted by Crippen LogP contribution is 2.21. The number of imidazole rings is 1. The third kappa shape index (κ3) is 4.11. The molecule has 4 aromatic rings. The lowest BCUT2D eigenvalue weighted by Crippen LogP contribution is -2.21. The Kier molecular flexibility index (Phi) is 4.98. The number of H-pyrrole nitrogens is 1. The number of anilines is 1. The fourth-order valence-electron chi connectivity index (χ4n) is 2.78. The number of pyridine rings is 2. The van der Waals surface area contributed by atoms with Crippen LogP contribution >= 0.6 is 0 Å². The molecule has 2 N–H and O–H groups in total. The van der Waals surface area contributed by atoms with E-state index in [9.17, 15) is 9.59 Å². The lowest BCUT2D eigenvalue weighted by atomic mass is 10.2. The average molecular weight is 387 g/mol. The van der Waals surface area contributed by atoms with Gasteiger partial charge in [-0.25, -0.2) is 14.8 Å². The maximum atomic E-state index is 12.3. The minimum Gasteiger partial charge on any atom is -0.452 e. The summed E-state index contributed by atoms with van der Waals surface area (Å²) in [4.78, 5) is 40.2. The van der Waals surface area contributed by atoms with Crippen LogP contribution in [0.5, 0.6) is 0 Å². The van der Waals surface area contributed by atoms with E-state index in [-0.39, 0.29) is 0 Å². The van der Waals surface area contributed by atoms with Crippen molar-refractivity contribution in [2.45, 2.75) is 6.92 Å². The Morgan fingerprint density at radius 2 is 2.00 bits per heavy atom. The molecule has 1 aromatic carbocycles. The van der Waals surface area contributed by atoms with Crippen molar-refractivity contribution in [3.63, 3.8) is 0 Å². The maximum absolute atomic E-state index is 12.3. The number of aryl methyl sites for hydroxylation is 1. The van der Waals surface area contributed by atoms with Crippen LogP contribution < -0.4 is 5.32 Å². The Bertz CT molecular complexity index is 1190. The number of carbonyl (C=O) groups is 2.